The van der Waals surface area contributed by atoms with Gasteiger partial charge in [-0.3, -0.25) is 4.79 Å². The number of hydrogen-bond acceptors (Lipinski definition) is 2. The summed E-state index contributed by atoms with van der Waals surface area (Å²) in [6.07, 6.45) is 0.868. The monoisotopic (exact) mass is 303 g/mol. The van der Waals surface area contributed by atoms with E-state index < -0.39 is 6.61 Å². The molecule has 0 spiro atoms. The molecule has 0 aliphatic carbocycles. The minimum absolute atomic E-state index is 0.0408. The summed E-state index contributed by atoms with van der Waals surface area (Å²) in [5.74, 6) is 0.299. The molecule has 1 amide bonds. The lowest BCUT2D eigenvalue weighted by molar-refractivity contribution is -0.0498. The van der Waals surface area contributed by atoms with Crippen molar-refractivity contribution in [2.75, 3.05) is 13.1 Å². The number of carbonyl (C=O) groups excluding carboxylic acids is 1. The van der Waals surface area contributed by atoms with Crippen LogP contribution in [0.25, 0.3) is 0 Å². The highest BCUT2D eigenvalue weighted by atomic mass is 35.5. The van der Waals surface area contributed by atoms with E-state index in [0.717, 1.165) is 6.42 Å². The molecule has 20 heavy (non-hydrogen) atoms. The lowest BCUT2D eigenvalue weighted by Gasteiger charge is -2.34. The number of amides is 1. The summed E-state index contributed by atoms with van der Waals surface area (Å²) in [4.78, 5) is 14.0. The maximum Gasteiger partial charge on any atom is 0.387 e. The normalized spacial score (nSPS) is 22.9. The summed E-state index contributed by atoms with van der Waals surface area (Å²) in [7, 11) is 0. The molecule has 1 heterocycles. The van der Waals surface area contributed by atoms with Gasteiger partial charge in [-0.15, -0.1) is 11.6 Å². The minimum atomic E-state index is -2.86. The number of halogens is 3. The Balaban J connectivity index is 2.02. The van der Waals surface area contributed by atoms with Crippen LogP contribution >= 0.6 is 11.6 Å². The third-order valence-electron chi connectivity index (χ3n) is 3.48. The highest BCUT2D eigenvalue weighted by Gasteiger charge is 2.27. The average Bonchev–Trinajstić information content (AvgIpc) is 2.41. The lowest BCUT2D eigenvalue weighted by atomic mass is 9.98. The molecule has 1 fully saturated rings. The smallest absolute Gasteiger partial charge is 0.387 e. The van der Waals surface area contributed by atoms with E-state index in [0.29, 0.717) is 24.6 Å². The SMILES string of the molecule is CC1CCN(C(=O)c2ccc(OC(F)F)cc2)CC1Cl. The van der Waals surface area contributed by atoms with E-state index in [4.69, 9.17) is 11.6 Å². The van der Waals surface area contributed by atoms with Crippen molar-refractivity contribution in [3.63, 3.8) is 0 Å². The van der Waals surface area contributed by atoms with E-state index in [1.165, 1.54) is 24.3 Å². The molecular formula is C14H16ClF2NO2. The molecule has 3 nitrogen and oxygen atoms in total. The van der Waals surface area contributed by atoms with Crippen LogP contribution in [0, 0.1) is 5.92 Å². The summed E-state index contributed by atoms with van der Waals surface area (Å²) in [6.45, 7) is 0.378. The summed E-state index contributed by atoms with van der Waals surface area (Å²) in [6, 6.07) is 5.71. The van der Waals surface area contributed by atoms with Crippen molar-refractivity contribution in [2.45, 2.75) is 25.3 Å². The molecular weight excluding hydrogens is 288 g/mol. The van der Waals surface area contributed by atoms with Gasteiger partial charge in [0.2, 0.25) is 0 Å². The predicted molar refractivity (Wildman–Crippen MR) is 72.4 cm³/mol. The standard InChI is InChI=1S/C14H16ClF2NO2/c1-9-6-7-18(8-12(9)15)13(19)10-2-4-11(5-3-10)20-14(16)17/h2-5,9,12,14H,6-8H2,1H3. The Morgan fingerprint density at radius 2 is 2.05 bits per heavy atom. The van der Waals surface area contributed by atoms with Crippen LogP contribution in [0.1, 0.15) is 23.7 Å². The maximum atomic E-state index is 12.3. The van der Waals surface area contributed by atoms with Gasteiger partial charge >= 0.3 is 6.61 Å². The Bertz CT molecular complexity index is 467. The topological polar surface area (TPSA) is 29.5 Å². The Hall–Kier alpha value is -1.36. The molecule has 1 aromatic rings. The summed E-state index contributed by atoms with van der Waals surface area (Å²) in [5.41, 5.74) is 0.449. The molecule has 110 valence electrons. The molecule has 1 aromatic carbocycles. The van der Waals surface area contributed by atoms with Crippen LogP contribution in [-0.4, -0.2) is 35.9 Å². The average molecular weight is 304 g/mol. The van der Waals surface area contributed by atoms with Gasteiger partial charge < -0.3 is 9.64 Å². The number of hydrogen-bond donors (Lipinski definition) is 0. The van der Waals surface area contributed by atoms with Crippen molar-refractivity contribution < 1.29 is 18.3 Å². The first-order valence-electron chi connectivity index (χ1n) is 6.45. The summed E-state index contributed by atoms with van der Waals surface area (Å²) in [5, 5.41) is -0.0471. The second-order valence-corrected chi connectivity index (χ2v) is 5.50. The van der Waals surface area contributed by atoms with Gasteiger partial charge in [-0.1, -0.05) is 6.92 Å². The van der Waals surface area contributed by atoms with Crippen LogP contribution in [-0.2, 0) is 0 Å². The van der Waals surface area contributed by atoms with Crippen LogP contribution in [0.15, 0.2) is 24.3 Å². The molecule has 1 saturated heterocycles. The van der Waals surface area contributed by atoms with Gasteiger partial charge in [-0.25, -0.2) is 0 Å². The summed E-state index contributed by atoms with van der Waals surface area (Å²) < 4.78 is 28.3. The highest BCUT2D eigenvalue weighted by molar-refractivity contribution is 6.21. The van der Waals surface area contributed by atoms with Gasteiger partial charge in [0.05, 0.1) is 5.38 Å². The zero-order chi connectivity index (χ0) is 14.7. The number of alkyl halides is 3. The number of likely N-dealkylation sites (tertiary alicyclic amines) is 1. The quantitative estimate of drug-likeness (QED) is 0.801. The Kier molecular flexibility index (Phi) is 4.81. The number of piperidine rings is 1. The zero-order valence-corrected chi connectivity index (χ0v) is 11.8. The highest BCUT2D eigenvalue weighted by Crippen LogP contribution is 2.23. The Labute approximate surface area is 121 Å². The molecule has 1 aliphatic heterocycles. The fourth-order valence-corrected chi connectivity index (χ4v) is 2.46. The van der Waals surface area contributed by atoms with Crippen LogP contribution in [0.4, 0.5) is 8.78 Å². The number of ether oxygens (including phenoxy) is 1. The second kappa shape index (κ2) is 6.39. The van der Waals surface area contributed by atoms with Gasteiger partial charge in [0.25, 0.3) is 5.91 Å². The summed E-state index contributed by atoms with van der Waals surface area (Å²) >= 11 is 6.18. The fraction of sp³-hybridized carbons (Fsp3) is 0.500. The number of carbonyl (C=O) groups is 1. The molecule has 0 N–H and O–H groups in total. The van der Waals surface area contributed by atoms with Crippen molar-refractivity contribution in [1.82, 2.24) is 4.90 Å². The Morgan fingerprint density at radius 3 is 2.60 bits per heavy atom. The van der Waals surface area contributed by atoms with Gasteiger partial charge in [0.1, 0.15) is 5.75 Å². The third-order valence-corrected chi connectivity index (χ3v) is 4.05. The van der Waals surface area contributed by atoms with Crippen molar-refractivity contribution in [2.24, 2.45) is 5.92 Å². The third kappa shape index (κ3) is 3.60. The molecule has 0 aromatic heterocycles. The number of rotatable bonds is 3. The molecule has 6 heteroatoms. The van der Waals surface area contributed by atoms with E-state index in [9.17, 15) is 13.6 Å². The molecule has 2 rings (SSSR count). The van der Waals surface area contributed by atoms with Crippen LogP contribution in [0.5, 0.6) is 5.75 Å². The molecule has 0 radical (unpaired) electrons. The molecule has 0 bridgehead atoms. The second-order valence-electron chi connectivity index (χ2n) is 4.94. The Morgan fingerprint density at radius 1 is 1.40 bits per heavy atom. The first-order chi connectivity index (χ1) is 9.47. The van der Waals surface area contributed by atoms with E-state index in [2.05, 4.69) is 11.7 Å². The molecule has 2 atom stereocenters. The number of benzene rings is 1. The van der Waals surface area contributed by atoms with E-state index in [1.807, 2.05) is 0 Å². The molecule has 1 aliphatic rings. The van der Waals surface area contributed by atoms with Gasteiger partial charge in [-0.2, -0.15) is 8.78 Å². The fourth-order valence-electron chi connectivity index (χ4n) is 2.17. The first kappa shape index (κ1) is 15.0. The van der Waals surface area contributed by atoms with E-state index >= 15 is 0 Å². The van der Waals surface area contributed by atoms with Gasteiger partial charge in [0.15, 0.2) is 0 Å². The number of nitrogens with zero attached hydrogens (tertiary/aromatic N) is 1. The lowest BCUT2D eigenvalue weighted by Crippen LogP contribution is -2.43. The first-order valence-corrected chi connectivity index (χ1v) is 6.89. The zero-order valence-electron chi connectivity index (χ0n) is 11.1. The molecule has 2 unspecified atom stereocenters. The van der Waals surface area contributed by atoms with Crippen LogP contribution in [0.2, 0.25) is 0 Å². The molecule has 0 saturated carbocycles. The predicted octanol–water partition coefficient (Wildman–Crippen LogP) is 3.38. The largest absolute Gasteiger partial charge is 0.435 e. The van der Waals surface area contributed by atoms with Gasteiger partial charge in [-0.05, 0) is 36.6 Å². The van der Waals surface area contributed by atoms with Crippen molar-refractivity contribution >= 4 is 17.5 Å². The maximum absolute atomic E-state index is 12.3. The van der Waals surface area contributed by atoms with E-state index in [-0.39, 0.29) is 17.0 Å². The van der Waals surface area contributed by atoms with Crippen molar-refractivity contribution in [3.05, 3.63) is 29.8 Å². The van der Waals surface area contributed by atoms with Crippen molar-refractivity contribution in [3.8, 4) is 5.75 Å². The minimum Gasteiger partial charge on any atom is -0.435 e. The van der Waals surface area contributed by atoms with Gasteiger partial charge in [0, 0.05) is 18.7 Å². The van der Waals surface area contributed by atoms with Crippen LogP contribution in [0.3, 0.4) is 0 Å². The van der Waals surface area contributed by atoms with Crippen molar-refractivity contribution in [1.29, 1.82) is 0 Å². The van der Waals surface area contributed by atoms with Crippen LogP contribution < -0.4 is 4.74 Å². The van der Waals surface area contributed by atoms with E-state index in [1.54, 1.807) is 4.90 Å².